The van der Waals surface area contributed by atoms with Crippen LogP contribution in [0.5, 0.6) is 0 Å². The number of carboxylic acids is 1. The van der Waals surface area contributed by atoms with Gasteiger partial charge in [-0.3, -0.25) is 4.79 Å². The van der Waals surface area contributed by atoms with Crippen molar-refractivity contribution >= 4 is 23.8 Å². The third kappa shape index (κ3) is 5.97. The molecule has 0 unspecified atom stereocenters. The monoisotopic (exact) mass is 296 g/mol. The minimum atomic E-state index is -0.852. The summed E-state index contributed by atoms with van der Waals surface area (Å²) in [5.74, 6) is -0.852. The maximum Gasteiger partial charge on any atom is 0.315 e. The van der Waals surface area contributed by atoms with Crippen molar-refractivity contribution in [3.8, 4) is 0 Å². The molecule has 0 saturated heterocycles. The maximum absolute atomic E-state index is 11.6. The van der Waals surface area contributed by atoms with Gasteiger partial charge in [0.15, 0.2) is 0 Å². The molecule has 0 heterocycles. The molecule has 0 aliphatic heterocycles. The van der Waals surface area contributed by atoms with Gasteiger partial charge in [-0.1, -0.05) is 12.1 Å². The molecule has 5 nitrogen and oxygen atoms in total. The van der Waals surface area contributed by atoms with Crippen molar-refractivity contribution in [3.63, 3.8) is 0 Å². The third-order valence-electron chi connectivity index (χ3n) is 2.82. The van der Waals surface area contributed by atoms with Crippen LogP contribution in [0.15, 0.2) is 29.2 Å². The first-order valence-electron chi connectivity index (χ1n) is 6.43. The van der Waals surface area contributed by atoms with E-state index in [4.69, 9.17) is 5.11 Å². The van der Waals surface area contributed by atoms with Crippen LogP contribution in [-0.2, 0) is 4.79 Å². The number of carbonyl (C=O) groups excluding carboxylic acids is 1. The molecule has 0 aromatic heterocycles. The average Bonchev–Trinajstić information content (AvgIpc) is 2.43. The summed E-state index contributed by atoms with van der Waals surface area (Å²) in [6, 6.07) is 7.64. The van der Waals surface area contributed by atoms with Crippen LogP contribution in [0.3, 0.4) is 0 Å². The fourth-order valence-electron chi connectivity index (χ4n) is 1.67. The van der Waals surface area contributed by atoms with Gasteiger partial charge < -0.3 is 15.7 Å². The minimum Gasteiger partial charge on any atom is -0.481 e. The number of amides is 2. The lowest BCUT2D eigenvalue weighted by Gasteiger charge is -2.15. The van der Waals surface area contributed by atoms with Crippen LogP contribution in [0, 0.1) is 0 Å². The van der Waals surface area contributed by atoms with E-state index in [0.29, 0.717) is 13.0 Å². The first kappa shape index (κ1) is 16.4. The van der Waals surface area contributed by atoms with E-state index in [9.17, 15) is 9.59 Å². The highest BCUT2D eigenvalue weighted by Gasteiger charge is 2.09. The topological polar surface area (TPSA) is 78.4 Å². The van der Waals surface area contributed by atoms with E-state index in [0.717, 1.165) is 5.56 Å². The first-order chi connectivity index (χ1) is 9.52. The maximum atomic E-state index is 11.6. The summed E-state index contributed by atoms with van der Waals surface area (Å²) in [7, 11) is 0. The van der Waals surface area contributed by atoms with Crippen molar-refractivity contribution in [3.05, 3.63) is 29.8 Å². The predicted octanol–water partition coefficient (Wildman–Crippen LogP) is 2.63. The molecule has 2 amide bonds. The molecular formula is C14H20N2O3S. The number of aliphatic carboxylic acids is 1. The van der Waals surface area contributed by atoms with Gasteiger partial charge >= 0.3 is 12.0 Å². The Morgan fingerprint density at radius 2 is 1.95 bits per heavy atom. The van der Waals surface area contributed by atoms with Gasteiger partial charge in [0, 0.05) is 17.9 Å². The Kier molecular flexibility index (Phi) is 6.93. The van der Waals surface area contributed by atoms with E-state index in [2.05, 4.69) is 10.6 Å². The largest absolute Gasteiger partial charge is 0.481 e. The van der Waals surface area contributed by atoms with Crippen molar-refractivity contribution in [1.29, 1.82) is 0 Å². The van der Waals surface area contributed by atoms with E-state index < -0.39 is 5.97 Å². The molecule has 110 valence electrons. The summed E-state index contributed by atoms with van der Waals surface area (Å²) in [6.45, 7) is 2.27. The van der Waals surface area contributed by atoms with Gasteiger partial charge in [-0.05, 0) is 37.3 Å². The zero-order chi connectivity index (χ0) is 15.0. The van der Waals surface area contributed by atoms with Gasteiger partial charge in [-0.2, -0.15) is 0 Å². The minimum absolute atomic E-state index is 0.0615. The summed E-state index contributed by atoms with van der Waals surface area (Å²) >= 11 is 1.67. The zero-order valence-electron chi connectivity index (χ0n) is 11.7. The molecule has 6 heteroatoms. The Hall–Kier alpha value is -1.69. The molecule has 0 radical (unpaired) electrons. The normalized spacial score (nSPS) is 11.7. The molecule has 0 saturated carbocycles. The number of nitrogens with one attached hydrogen (secondary N) is 2. The molecule has 1 aromatic carbocycles. The van der Waals surface area contributed by atoms with E-state index >= 15 is 0 Å². The fourth-order valence-corrected chi connectivity index (χ4v) is 2.07. The second-order valence-electron chi connectivity index (χ2n) is 4.39. The van der Waals surface area contributed by atoms with Crippen LogP contribution >= 0.6 is 11.8 Å². The van der Waals surface area contributed by atoms with Gasteiger partial charge in [0.2, 0.25) is 0 Å². The van der Waals surface area contributed by atoms with E-state index in [1.165, 1.54) is 4.90 Å². The second kappa shape index (κ2) is 8.47. The van der Waals surface area contributed by atoms with Crippen molar-refractivity contribution in [2.45, 2.75) is 30.7 Å². The molecular weight excluding hydrogens is 276 g/mol. The number of rotatable bonds is 7. The molecule has 0 bridgehead atoms. The molecule has 0 aliphatic carbocycles. The fraction of sp³-hybridized carbons (Fsp3) is 0.429. The molecule has 0 aliphatic rings. The van der Waals surface area contributed by atoms with Gasteiger partial charge in [-0.25, -0.2) is 4.79 Å². The predicted molar refractivity (Wildman–Crippen MR) is 80.0 cm³/mol. The number of carboxylic acid groups (broad SMARTS) is 1. The molecule has 1 rings (SSSR count). The number of carbonyl (C=O) groups is 2. The lowest BCUT2D eigenvalue weighted by atomic mass is 10.1. The van der Waals surface area contributed by atoms with Gasteiger partial charge in [0.1, 0.15) is 0 Å². The molecule has 0 spiro atoms. The Labute approximate surface area is 123 Å². The van der Waals surface area contributed by atoms with Crippen LogP contribution in [0.4, 0.5) is 4.79 Å². The molecule has 1 atom stereocenters. The van der Waals surface area contributed by atoms with Crippen LogP contribution in [0.2, 0.25) is 0 Å². The summed E-state index contributed by atoms with van der Waals surface area (Å²) in [5, 5.41) is 13.9. The van der Waals surface area contributed by atoms with Crippen LogP contribution in [0.1, 0.15) is 31.4 Å². The van der Waals surface area contributed by atoms with E-state index in [1.54, 1.807) is 11.8 Å². The quantitative estimate of drug-likeness (QED) is 0.534. The number of thioether (sulfide) groups is 1. The Morgan fingerprint density at radius 1 is 1.30 bits per heavy atom. The Bertz CT molecular complexity index is 448. The van der Waals surface area contributed by atoms with Gasteiger partial charge in [0.25, 0.3) is 0 Å². The smallest absolute Gasteiger partial charge is 0.315 e. The highest BCUT2D eigenvalue weighted by molar-refractivity contribution is 7.98. The van der Waals surface area contributed by atoms with Crippen molar-refractivity contribution < 1.29 is 14.7 Å². The third-order valence-corrected chi connectivity index (χ3v) is 3.56. The van der Waals surface area contributed by atoms with Crippen molar-refractivity contribution in [1.82, 2.24) is 10.6 Å². The molecule has 3 N–H and O–H groups in total. The average molecular weight is 296 g/mol. The molecule has 1 aromatic rings. The first-order valence-corrected chi connectivity index (χ1v) is 7.65. The highest BCUT2D eigenvalue weighted by atomic mass is 32.2. The zero-order valence-corrected chi connectivity index (χ0v) is 12.5. The Morgan fingerprint density at radius 3 is 2.50 bits per heavy atom. The number of urea groups is 1. The lowest BCUT2D eigenvalue weighted by Crippen LogP contribution is -2.37. The van der Waals surface area contributed by atoms with Crippen molar-refractivity contribution in [2.24, 2.45) is 0 Å². The van der Waals surface area contributed by atoms with Crippen LogP contribution < -0.4 is 10.6 Å². The lowest BCUT2D eigenvalue weighted by molar-refractivity contribution is -0.137. The number of hydrogen-bond acceptors (Lipinski definition) is 3. The molecule has 20 heavy (non-hydrogen) atoms. The van der Waals surface area contributed by atoms with E-state index in [1.807, 2.05) is 37.4 Å². The standard InChI is InChI=1S/C14H20N2O3S/c1-10(11-5-7-12(20-2)8-6-11)16-14(19)15-9-3-4-13(17)18/h5-8,10H,3-4,9H2,1-2H3,(H,17,18)(H2,15,16,19)/t10-/m0/s1. The Balaban J connectivity index is 2.34. The van der Waals surface area contributed by atoms with Gasteiger partial charge in [-0.15, -0.1) is 11.8 Å². The second-order valence-corrected chi connectivity index (χ2v) is 5.27. The summed E-state index contributed by atoms with van der Waals surface area (Å²) in [4.78, 5) is 23.1. The van der Waals surface area contributed by atoms with Gasteiger partial charge in [0.05, 0.1) is 6.04 Å². The highest BCUT2D eigenvalue weighted by Crippen LogP contribution is 2.18. The SMILES string of the molecule is CSc1ccc([C@H](C)NC(=O)NCCCC(=O)O)cc1. The number of benzene rings is 1. The van der Waals surface area contributed by atoms with Crippen LogP contribution in [0.25, 0.3) is 0 Å². The van der Waals surface area contributed by atoms with Crippen molar-refractivity contribution in [2.75, 3.05) is 12.8 Å². The summed E-state index contributed by atoms with van der Waals surface area (Å²) in [5.41, 5.74) is 1.03. The summed E-state index contributed by atoms with van der Waals surface area (Å²) < 4.78 is 0. The summed E-state index contributed by atoms with van der Waals surface area (Å²) in [6.07, 6.45) is 2.51. The molecule has 0 fully saturated rings. The van der Waals surface area contributed by atoms with E-state index in [-0.39, 0.29) is 18.5 Å². The number of hydrogen-bond donors (Lipinski definition) is 3. The van der Waals surface area contributed by atoms with Crippen LogP contribution in [-0.4, -0.2) is 29.9 Å².